The van der Waals surface area contributed by atoms with Crippen LogP contribution in [0.4, 0.5) is 0 Å². The first-order valence-corrected chi connectivity index (χ1v) is 6.08. The van der Waals surface area contributed by atoms with Gasteiger partial charge in [0, 0.05) is 10.1 Å². The van der Waals surface area contributed by atoms with E-state index < -0.39 is 0 Å². The third-order valence-electron chi connectivity index (χ3n) is 2.67. The van der Waals surface area contributed by atoms with Gasteiger partial charge in [-0.3, -0.25) is 0 Å². The van der Waals surface area contributed by atoms with Crippen molar-refractivity contribution in [2.24, 2.45) is 5.92 Å². The van der Waals surface area contributed by atoms with Gasteiger partial charge in [0.05, 0.1) is 0 Å². The van der Waals surface area contributed by atoms with Crippen molar-refractivity contribution >= 4 is 27.7 Å². The van der Waals surface area contributed by atoms with Crippen LogP contribution < -0.4 is 0 Å². The number of rotatable bonds is 0. The van der Waals surface area contributed by atoms with E-state index in [9.17, 15) is 0 Å². The van der Waals surface area contributed by atoms with Gasteiger partial charge < -0.3 is 0 Å². The van der Waals surface area contributed by atoms with Crippen molar-refractivity contribution in [1.82, 2.24) is 0 Å². The van der Waals surface area contributed by atoms with Gasteiger partial charge >= 0.3 is 0 Å². The van der Waals surface area contributed by atoms with Crippen LogP contribution in [-0.4, -0.2) is 15.8 Å². The SMILES string of the molecule is BrC1CCC2SCCC2C1. The predicted molar refractivity (Wildman–Crippen MR) is 50.9 cm³/mol. The zero-order chi connectivity index (χ0) is 6.97. The Labute approximate surface area is 75.3 Å². The van der Waals surface area contributed by atoms with Gasteiger partial charge in [-0.25, -0.2) is 0 Å². The standard InChI is InChI=1S/C8H13BrS/c9-7-1-2-8-6(5-7)3-4-10-8/h6-8H,1-5H2. The molecule has 1 heterocycles. The Kier molecular flexibility index (Phi) is 2.29. The van der Waals surface area contributed by atoms with E-state index >= 15 is 0 Å². The summed E-state index contributed by atoms with van der Waals surface area (Å²) in [7, 11) is 0. The van der Waals surface area contributed by atoms with E-state index in [2.05, 4.69) is 27.7 Å². The molecule has 3 atom stereocenters. The van der Waals surface area contributed by atoms with Crippen molar-refractivity contribution in [3.05, 3.63) is 0 Å². The fourth-order valence-electron chi connectivity index (χ4n) is 2.07. The first-order chi connectivity index (χ1) is 4.86. The molecule has 0 amide bonds. The molecule has 2 rings (SSSR count). The van der Waals surface area contributed by atoms with Gasteiger partial charge in [0.25, 0.3) is 0 Å². The maximum absolute atomic E-state index is 3.72. The third-order valence-corrected chi connectivity index (χ3v) is 5.02. The summed E-state index contributed by atoms with van der Waals surface area (Å²) >= 11 is 5.92. The lowest BCUT2D eigenvalue weighted by Crippen LogP contribution is -2.22. The first kappa shape index (κ1) is 7.48. The van der Waals surface area contributed by atoms with Crippen molar-refractivity contribution in [3.8, 4) is 0 Å². The van der Waals surface area contributed by atoms with Gasteiger partial charge in [0.2, 0.25) is 0 Å². The Morgan fingerprint density at radius 1 is 1.20 bits per heavy atom. The molecule has 0 aromatic heterocycles. The van der Waals surface area contributed by atoms with Gasteiger partial charge in [0.1, 0.15) is 0 Å². The Bertz CT molecular complexity index is 126. The average molecular weight is 221 g/mol. The summed E-state index contributed by atoms with van der Waals surface area (Å²) in [4.78, 5) is 0.840. The smallest absolute Gasteiger partial charge is 0.0149 e. The summed E-state index contributed by atoms with van der Waals surface area (Å²) < 4.78 is 0. The molecular weight excluding hydrogens is 208 g/mol. The number of hydrogen-bond acceptors (Lipinski definition) is 1. The van der Waals surface area contributed by atoms with Crippen LogP contribution in [0.5, 0.6) is 0 Å². The fourth-order valence-corrected chi connectivity index (χ4v) is 4.38. The number of alkyl halides is 1. The highest BCUT2D eigenvalue weighted by Gasteiger charge is 2.33. The lowest BCUT2D eigenvalue weighted by atomic mass is 9.87. The first-order valence-electron chi connectivity index (χ1n) is 4.12. The highest BCUT2D eigenvalue weighted by Crippen LogP contribution is 2.43. The molecule has 1 saturated carbocycles. The molecule has 0 aromatic rings. The molecule has 10 heavy (non-hydrogen) atoms. The second-order valence-electron chi connectivity index (χ2n) is 3.37. The minimum atomic E-state index is 0.840. The van der Waals surface area contributed by atoms with E-state index in [-0.39, 0.29) is 0 Å². The van der Waals surface area contributed by atoms with Crippen LogP contribution in [-0.2, 0) is 0 Å². The Balaban J connectivity index is 1.96. The molecule has 58 valence electrons. The van der Waals surface area contributed by atoms with Crippen LogP contribution in [0.15, 0.2) is 0 Å². The van der Waals surface area contributed by atoms with Gasteiger partial charge in [-0.2, -0.15) is 11.8 Å². The Morgan fingerprint density at radius 2 is 2.10 bits per heavy atom. The van der Waals surface area contributed by atoms with Crippen molar-refractivity contribution in [3.63, 3.8) is 0 Å². The maximum Gasteiger partial charge on any atom is 0.0149 e. The van der Waals surface area contributed by atoms with Crippen LogP contribution in [0, 0.1) is 5.92 Å². The molecule has 0 bridgehead atoms. The van der Waals surface area contributed by atoms with Gasteiger partial charge in [0.15, 0.2) is 0 Å². The van der Waals surface area contributed by atoms with Gasteiger partial charge in [-0.1, -0.05) is 15.9 Å². The lowest BCUT2D eigenvalue weighted by molar-refractivity contribution is 0.390. The second-order valence-corrected chi connectivity index (χ2v) is 6.01. The van der Waals surface area contributed by atoms with E-state index in [1.54, 1.807) is 0 Å². The molecule has 1 aliphatic carbocycles. The number of thioether (sulfide) groups is 1. The second kappa shape index (κ2) is 3.06. The molecule has 0 spiro atoms. The van der Waals surface area contributed by atoms with Crippen LogP contribution in [0.3, 0.4) is 0 Å². The highest BCUT2D eigenvalue weighted by atomic mass is 79.9. The molecule has 1 saturated heterocycles. The lowest BCUT2D eigenvalue weighted by Gasteiger charge is -2.27. The van der Waals surface area contributed by atoms with Crippen molar-refractivity contribution in [1.29, 1.82) is 0 Å². The van der Waals surface area contributed by atoms with E-state index in [0.29, 0.717) is 0 Å². The predicted octanol–water partition coefficient (Wildman–Crippen LogP) is 3.06. The van der Waals surface area contributed by atoms with Crippen LogP contribution in [0.2, 0.25) is 0 Å². The summed E-state index contributed by atoms with van der Waals surface area (Å²) in [5.74, 6) is 2.48. The summed E-state index contributed by atoms with van der Waals surface area (Å²) in [5, 5.41) is 1.04. The minimum Gasteiger partial charge on any atom is -0.158 e. The normalized spacial score (nSPS) is 47.1. The van der Waals surface area contributed by atoms with Crippen molar-refractivity contribution in [2.45, 2.75) is 35.8 Å². The van der Waals surface area contributed by atoms with Gasteiger partial charge in [-0.15, -0.1) is 0 Å². The molecule has 0 aromatic carbocycles. The molecular formula is C8H13BrS. The molecule has 0 nitrogen and oxygen atoms in total. The van der Waals surface area contributed by atoms with Crippen molar-refractivity contribution < 1.29 is 0 Å². The fraction of sp³-hybridized carbons (Fsp3) is 1.00. The molecule has 2 fully saturated rings. The zero-order valence-electron chi connectivity index (χ0n) is 6.05. The third kappa shape index (κ3) is 1.38. The highest BCUT2D eigenvalue weighted by molar-refractivity contribution is 9.09. The minimum absolute atomic E-state index is 0.840. The Morgan fingerprint density at radius 3 is 3.00 bits per heavy atom. The molecule has 0 radical (unpaired) electrons. The monoisotopic (exact) mass is 220 g/mol. The molecule has 2 heteroatoms. The molecule has 2 aliphatic rings. The van der Waals surface area contributed by atoms with Crippen LogP contribution in [0.25, 0.3) is 0 Å². The zero-order valence-corrected chi connectivity index (χ0v) is 8.46. The average Bonchev–Trinajstić information content (AvgIpc) is 2.33. The van der Waals surface area contributed by atoms with E-state index in [1.807, 2.05) is 0 Å². The quantitative estimate of drug-likeness (QED) is 0.566. The summed E-state index contributed by atoms with van der Waals surface area (Å²) in [6.07, 6.45) is 5.80. The van der Waals surface area contributed by atoms with Crippen LogP contribution >= 0.6 is 27.7 Å². The van der Waals surface area contributed by atoms with E-state index in [0.717, 1.165) is 16.0 Å². The van der Waals surface area contributed by atoms with Gasteiger partial charge in [-0.05, 0) is 37.4 Å². The molecule has 3 unspecified atom stereocenters. The summed E-state index contributed by atoms with van der Waals surface area (Å²) in [5.41, 5.74) is 0. The maximum atomic E-state index is 3.72. The number of halogens is 1. The van der Waals surface area contributed by atoms with Crippen LogP contribution in [0.1, 0.15) is 25.7 Å². The molecule has 1 aliphatic heterocycles. The number of hydrogen-bond donors (Lipinski definition) is 0. The summed E-state index contributed by atoms with van der Waals surface area (Å²) in [6, 6.07) is 0. The largest absolute Gasteiger partial charge is 0.158 e. The summed E-state index contributed by atoms with van der Waals surface area (Å²) in [6.45, 7) is 0. The van der Waals surface area contributed by atoms with Crippen molar-refractivity contribution in [2.75, 3.05) is 5.75 Å². The van der Waals surface area contributed by atoms with E-state index in [4.69, 9.17) is 0 Å². The Hall–Kier alpha value is 0.830. The van der Waals surface area contributed by atoms with E-state index in [1.165, 1.54) is 31.4 Å². The topological polar surface area (TPSA) is 0 Å². The number of fused-ring (bicyclic) bond motifs is 1. The molecule has 0 N–H and O–H groups in total.